The second-order valence-electron chi connectivity index (χ2n) is 15.7. The molecule has 0 aromatic carbocycles. The highest BCUT2D eigenvalue weighted by Crippen LogP contribution is 2.41. The first-order valence-corrected chi connectivity index (χ1v) is 18.8. The number of carbonyl (C=O) groups excluding carboxylic acids is 3. The molecule has 0 fully saturated rings. The van der Waals surface area contributed by atoms with Crippen molar-refractivity contribution in [3.05, 3.63) is 117 Å². The topological polar surface area (TPSA) is 81.7 Å². The first-order valence-electron chi connectivity index (χ1n) is 18.8. The number of hydrogen-bond acceptors (Lipinski definition) is 5. The number of ether oxygens (including phenoxy) is 2. The van der Waals surface area contributed by atoms with Crippen LogP contribution in [0, 0.1) is 10.8 Å². The zero-order valence-corrected chi connectivity index (χ0v) is 33.9. The quantitative estimate of drug-likeness (QED) is 0.127. The Morgan fingerprint density at radius 2 is 1.12 bits per heavy atom. The molecule has 0 aromatic heterocycles. The Hall–Kier alpha value is -4.19. The van der Waals surface area contributed by atoms with E-state index < -0.39 is 23.9 Å². The summed E-state index contributed by atoms with van der Waals surface area (Å²) in [5, 5.41) is 2.51. The van der Waals surface area contributed by atoms with E-state index in [1.165, 1.54) is 67.7 Å². The first kappa shape index (κ1) is 44.0. The summed E-state index contributed by atoms with van der Waals surface area (Å²) < 4.78 is 10.7. The van der Waals surface area contributed by atoms with Gasteiger partial charge in [-0.1, -0.05) is 122 Å². The fourth-order valence-corrected chi connectivity index (χ4v) is 6.69. The van der Waals surface area contributed by atoms with Crippen LogP contribution < -0.4 is 5.32 Å². The third-order valence-electron chi connectivity index (χ3n) is 9.86. The normalized spacial score (nSPS) is 19.7. The molecule has 2 aliphatic rings. The fraction of sp³-hybridized carbons (Fsp3) is 0.500. The summed E-state index contributed by atoms with van der Waals surface area (Å²) in [4.78, 5) is 37.1. The highest BCUT2D eigenvalue weighted by molar-refractivity contribution is 5.87. The van der Waals surface area contributed by atoms with Crippen LogP contribution in [0.2, 0.25) is 0 Å². The van der Waals surface area contributed by atoms with Crippen LogP contribution in [0.5, 0.6) is 0 Å². The first-order chi connectivity index (χ1) is 24.4. The smallest absolute Gasteiger partial charge is 0.329 e. The van der Waals surface area contributed by atoms with Gasteiger partial charge in [0.05, 0.1) is 6.42 Å². The molecule has 2 rings (SSSR count). The molecular weight excluding hydrogens is 647 g/mol. The molecule has 6 nitrogen and oxygen atoms in total. The third kappa shape index (κ3) is 16.0. The zero-order valence-electron chi connectivity index (χ0n) is 33.9. The molecule has 52 heavy (non-hydrogen) atoms. The van der Waals surface area contributed by atoms with Gasteiger partial charge in [-0.15, -0.1) is 0 Å². The van der Waals surface area contributed by atoms with Crippen LogP contribution in [0.4, 0.5) is 0 Å². The largest absolute Gasteiger partial charge is 0.461 e. The maximum absolute atomic E-state index is 12.8. The minimum Gasteiger partial charge on any atom is -0.461 e. The molecule has 284 valence electrons. The van der Waals surface area contributed by atoms with Gasteiger partial charge >= 0.3 is 11.9 Å². The van der Waals surface area contributed by atoms with Gasteiger partial charge in [0.1, 0.15) is 19.3 Å². The molecule has 0 spiro atoms. The van der Waals surface area contributed by atoms with E-state index in [2.05, 4.69) is 91.1 Å². The van der Waals surface area contributed by atoms with E-state index >= 15 is 0 Å². The average Bonchev–Trinajstić information content (AvgIpc) is 3.03. The van der Waals surface area contributed by atoms with Crippen molar-refractivity contribution in [3.63, 3.8) is 0 Å². The number of esters is 2. The van der Waals surface area contributed by atoms with Gasteiger partial charge in [0.2, 0.25) is 5.91 Å². The monoisotopic (exact) mass is 711 g/mol. The lowest BCUT2D eigenvalue weighted by atomic mass is 9.72. The standard InChI is InChI=1S/C46H65NO5/c1-33(22-24-40-37(5)20-14-28-45(40,8)9)16-12-18-35(3)26-30-51-43(49)32-42(47-39(7)48)44(50)52-31-27-36(4)19-13-17-34(2)23-25-41-38(6)21-15-29-46(41,10)11/h12-13,16-19,22-27,42H,14-15,20-21,28-32H2,1-11H3,(H,47,48). The molecule has 1 N–H and O–H groups in total. The Labute approximate surface area is 315 Å². The molecule has 0 radical (unpaired) electrons. The number of rotatable bonds is 16. The molecule has 0 heterocycles. The Kier molecular flexibility index (Phi) is 18.1. The predicted octanol–water partition coefficient (Wildman–Crippen LogP) is 11.0. The van der Waals surface area contributed by atoms with Gasteiger partial charge < -0.3 is 14.8 Å². The van der Waals surface area contributed by atoms with Crippen molar-refractivity contribution in [1.82, 2.24) is 5.32 Å². The summed E-state index contributed by atoms with van der Waals surface area (Å²) in [5.41, 5.74) is 10.4. The van der Waals surface area contributed by atoms with E-state index in [0.29, 0.717) is 0 Å². The van der Waals surface area contributed by atoms with E-state index in [1.54, 1.807) is 12.2 Å². The van der Waals surface area contributed by atoms with Crippen molar-refractivity contribution in [3.8, 4) is 0 Å². The third-order valence-corrected chi connectivity index (χ3v) is 9.86. The van der Waals surface area contributed by atoms with Gasteiger partial charge in [0.25, 0.3) is 0 Å². The van der Waals surface area contributed by atoms with E-state index in [9.17, 15) is 14.4 Å². The summed E-state index contributed by atoms with van der Waals surface area (Å²) in [6, 6.07) is -1.13. The van der Waals surface area contributed by atoms with Crippen molar-refractivity contribution >= 4 is 17.8 Å². The van der Waals surface area contributed by atoms with Gasteiger partial charge in [-0.05, 0) is 114 Å². The maximum Gasteiger partial charge on any atom is 0.329 e. The lowest BCUT2D eigenvalue weighted by molar-refractivity contribution is -0.152. The number of amides is 1. The van der Waals surface area contributed by atoms with E-state index in [4.69, 9.17) is 9.47 Å². The lowest BCUT2D eigenvalue weighted by Gasteiger charge is -2.33. The second kappa shape index (κ2) is 21.4. The van der Waals surface area contributed by atoms with Gasteiger partial charge in [0.15, 0.2) is 0 Å². The molecule has 6 heteroatoms. The maximum atomic E-state index is 12.8. The summed E-state index contributed by atoms with van der Waals surface area (Å²) in [7, 11) is 0. The summed E-state index contributed by atoms with van der Waals surface area (Å²) in [6.07, 6.45) is 31.3. The average molecular weight is 712 g/mol. The number of nitrogens with one attached hydrogen (secondary N) is 1. The van der Waals surface area contributed by atoms with Crippen molar-refractivity contribution in [1.29, 1.82) is 0 Å². The van der Waals surface area contributed by atoms with Crippen LogP contribution in [-0.2, 0) is 23.9 Å². The van der Waals surface area contributed by atoms with Crippen molar-refractivity contribution in [2.24, 2.45) is 10.8 Å². The van der Waals surface area contributed by atoms with Crippen molar-refractivity contribution < 1.29 is 23.9 Å². The number of hydrogen-bond donors (Lipinski definition) is 1. The molecular formula is C46H65NO5. The summed E-state index contributed by atoms with van der Waals surface area (Å²) in [6.45, 7) is 23.1. The molecule has 2 aliphatic carbocycles. The van der Waals surface area contributed by atoms with Gasteiger partial charge in [-0.25, -0.2) is 4.79 Å². The number of carbonyl (C=O) groups is 3. The lowest BCUT2D eigenvalue weighted by Crippen LogP contribution is -2.42. The fourth-order valence-electron chi connectivity index (χ4n) is 6.69. The molecule has 0 aliphatic heterocycles. The zero-order chi connectivity index (χ0) is 38.9. The minimum absolute atomic E-state index is 0.0126. The SMILES string of the molecule is CC(=O)NC(CC(=O)OCC=C(C)C=CC=C(C)C=CC1=C(C)CCCC1(C)C)C(=O)OCC=C(C)C=CC=C(C)C=CC1=C(C)CCCC1(C)C. The number of allylic oxidation sites excluding steroid dienone is 18. The highest BCUT2D eigenvalue weighted by Gasteiger charge is 2.28. The van der Waals surface area contributed by atoms with Crippen LogP contribution in [0.25, 0.3) is 0 Å². The van der Waals surface area contributed by atoms with E-state index in [-0.39, 0.29) is 30.5 Å². The van der Waals surface area contributed by atoms with Crippen LogP contribution >= 0.6 is 0 Å². The highest BCUT2D eigenvalue weighted by atomic mass is 16.5. The van der Waals surface area contributed by atoms with Gasteiger partial charge in [0, 0.05) is 6.92 Å². The Morgan fingerprint density at radius 3 is 1.54 bits per heavy atom. The molecule has 1 unspecified atom stereocenters. The van der Waals surface area contributed by atoms with E-state index in [1.807, 2.05) is 44.2 Å². The van der Waals surface area contributed by atoms with Crippen molar-refractivity contribution in [2.45, 2.75) is 127 Å². The predicted molar refractivity (Wildman–Crippen MR) is 216 cm³/mol. The van der Waals surface area contributed by atoms with Crippen molar-refractivity contribution in [2.75, 3.05) is 13.2 Å². The van der Waals surface area contributed by atoms with Crippen LogP contribution in [0.3, 0.4) is 0 Å². The van der Waals surface area contributed by atoms with Gasteiger partial charge in [-0.3, -0.25) is 9.59 Å². The molecule has 0 bridgehead atoms. The van der Waals surface area contributed by atoms with E-state index in [0.717, 1.165) is 22.3 Å². The van der Waals surface area contributed by atoms with Crippen LogP contribution in [0.15, 0.2) is 117 Å². The minimum atomic E-state index is -1.13. The Balaban J connectivity index is 1.85. The second-order valence-corrected chi connectivity index (χ2v) is 15.7. The van der Waals surface area contributed by atoms with Crippen LogP contribution in [-0.4, -0.2) is 37.1 Å². The van der Waals surface area contributed by atoms with Crippen LogP contribution in [0.1, 0.15) is 121 Å². The summed E-state index contributed by atoms with van der Waals surface area (Å²) in [5.74, 6) is -1.74. The Bertz CT molecular complexity index is 1600. The summed E-state index contributed by atoms with van der Waals surface area (Å²) >= 11 is 0. The molecule has 0 saturated carbocycles. The molecule has 0 aromatic rings. The molecule has 1 amide bonds. The van der Waals surface area contributed by atoms with Gasteiger partial charge in [-0.2, -0.15) is 0 Å². The molecule has 1 atom stereocenters. The molecule has 0 saturated heterocycles. The Morgan fingerprint density at radius 1 is 0.673 bits per heavy atom.